The maximum absolute atomic E-state index is 12.0. The number of ether oxygens (including phenoxy) is 1. The molecule has 0 aliphatic rings. The van der Waals surface area contributed by atoms with E-state index in [2.05, 4.69) is 37.9 Å². The van der Waals surface area contributed by atoms with Gasteiger partial charge in [-0.2, -0.15) is 0 Å². The van der Waals surface area contributed by atoms with E-state index in [0.29, 0.717) is 12.2 Å². The molecule has 0 saturated heterocycles. The highest BCUT2D eigenvalue weighted by molar-refractivity contribution is 5.72. The first-order chi connectivity index (χ1) is 14.1. The van der Waals surface area contributed by atoms with Crippen molar-refractivity contribution >= 4 is 5.97 Å². The van der Waals surface area contributed by atoms with Gasteiger partial charge in [0.25, 0.3) is 0 Å². The van der Waals surface area contributed by atoms with Crippen LogP contribution in [0.3, 0.4) is 0 Å². The molecule has 2 aromatic rings. The fourth-order valence-electron chi connectivity index (χ4n) is 3.34. The average Bonchev–Trinajstić information content (AvgIpc) is 2.75. The fraction of sp³-hybridized carbons (Fsp3) is 0.538. The fourth-order valence-corrected chi connectivity index (χ4v) is 3.34. The van der Waals surface area contributed by atoms with Gasteiger partial charge in [0.15, 0.2) is 0 Å². The Balaban J connectivity index is 1.78. The Kier molecular flexibility index (Phi) is 10.5. The number of benzene rings is 1. The van der Waals surface area contributed by atoms with E-state index in [9.17, 15) is 4.79 Å². The van der Waals surface area contributed by atoms with Crippen LogP contribution in [0.15, 0.2) is 42.6 Å². The number of unbranched alkanes of at least 4 members (excludes halogenated alkanes) is 4. The Hall–Kier alpha value is -2.16. The van der Waals surface area contributed by atoms with Crippen LogP contribution in [0, 0.1) is 5.92 Å². The van der Waals surface area contributed by atoms with E-state index in [0.717, 1.165) is 36.4 Å². The predicted octanol–water partition coefficient (Wildman–Crippen LogP) is 7.38. The molecule has 0 saturated carbocycles. The summed E-state index contributed by atoms with van der Waals surface area (Å²) in [6, 6.07) is 11.9. The number of aryl methyl sites for hydroxylation is 1. The Morgan fingerprint density at radius 2 is 1.76 bits per heavy atom. The molecule has 0 aliphatic carbocycles. The molecule has 158 valence electrons. The van der Waals surface area contributed by atoms with Gasteiger partial charge in [-0.05, 0) is 61.1 Å². The zero-order valence-electron chi connectivity index (χ0n) is 18.5. The van der Waals surface area contributed by atoms with Gasteiger partial charge in [0.05, 0.1) is 5.69 Å². The molecule has 0 amide bonds. The van der Waals surface area contributed by atoms with E-state index in [1.807, 2.05) is 30.5 Å². The van der Waals surface area contributed by atoms with Crippen molar-refractivity contribution in [3.63, 3.8) is 0 Å². The second kappa shape index (κ2) is 13.1. The Morgan fingerprint density at radius 1 is 0.966 bits per heavy atom. The molecule has 1 aromatic heterocycles. The molecule has 2 rings (SSSR count). The van der Waals surface area contributed by atoms with E-state index < -0.39 is 0 Å². The minimum Gasteiger partial charge on any atom is -0.427 e. The minimum absolute atomic E-state index is 0.146. The molecular formula is C26H37NO2. The molecular weight excluding hydrogens is 358 g/mol. The third-order valence-electron chi connectivity index (χ3n) is 5.55. The summed E-state index contributed by atoms with van der Waals surface area (Å²) in [4.78, 5) is 16.6. The van der Waals surface area contributed by atoms with E-state index in [4.69, 9.17) is 4.74 Å². The number of carbonyl (C=O) groups is 1. The van der Waals surface area contributed by atoms with Crippen molar-refractivity contribution in [2.75, 3.05) is 0 Å². The van der Waals surface area contributed by atoms with Crippen molar-refractivity contribution in [2.24, 2.45) is 5.92 Å². The van der Waals surface area contributed by atoms with Crippen LogP contribution in [-0.2, 0) is 11.2 Å². The van der Waals surface area contributed by atoms with Crippen molar-refractivity contribution < 1.29 is 9.53 Å². The van der Waals surface area contributed by atoms with Gasteiger partial charge in [-0.15, -0.1) is 0 Å². The first-order valence-corrected chi connectivity index (χ1v) is 11.4. The standard InChI is InChI=1S/C26H37NO2/c1-4-6-7-8-12-22-14-19-25(27-20-22)23-15-17-24(18-16-23)29-26(28)13-10-9-11-21(3)5-2/h14-21H,4-13H2,1-3H3. The third kappa shape index (κ3) is 8.81. The zero-order valence-corrected chi connectivity index (χ0v) is 18.5. The molecule has 1 aromatic carbocycles. The van der Waals surface area contributed by atoms with Crippen molar-refractivity contribution in [3.05, 3.63) is 48.2 Å². The lowest BCUT2D eigenvalue weighted by atomic mass is 10.0. The normalized spacial score (nSPS) is 12.0. The largest absolute Gasteiger partial charge is 0.427 e. The van der Waals surface area contributed by atoms with E-state index in [1.54, 1.807) is 0 Å². The van der Waals surface area contributed by atoms with Gasteiger partial charge in [-0.1, -0.05) is 65.4 Å². The molecule has 1 atom stereocenters. The molecule has 3 nitrogen and oxygen atoms in total. The van der Waals surface area contributed by atoms with Gasteiger partial charge < -0.3 is 4.74 Å². The number of esters is 1. The maximum Gasteiger partial charge on any atom is 0.311 e. The monoisotopic (exact) mass is 395 g/mol. The molecule has 3 heteroatoms. The SMILES string of the molecule is CCCCCCc1ccc(-c2ccc(OC(=O)CCCCC(C)CC)cc2)nc1. The lowest BCUT2D eigenvalue weighted by molar-refractivity contribution is -0.134. The highest BCUT2D eigenvalue weighted by atomic mass is 16.5. The minimum atomic E-state index is -0.146. The summed E-state index contributed by atoms with van der Waals surface area (Å²) in [7, 11) is 0. The number of carbonyl (C=O) groups excluding carboxylic acids is 1. The average molecular weight is 396 g/mol. The van der Waals surface area contributed by atoms with E-state index in [1.165, 1.54) is 44.1 Å². The van der Waals surface area contributed by atoms with Crippen LogP contribution >= 0.6 is 0 Å². The van der Waals surface area contributed by atoms with Gasteiger partial charge >= 0.3 is 5.97 Å². The van der Waals surface area contributed by atoms with Crippen molar-refractivity contribution in [1.29, 1.82) is 0 Å². The van der Waals surface area contributed by atoms with Crippen LogP contribution in [0.2, 0.25) is 0 Å². The molecule has 0 aliphatic heterocycles. The Morgan fingerprint density at radius 3 is 2.41 bits per heavy atom. The van der Waals surface area contributed by atoms with Crippen LogP contribution < -0.4 is 4.74 Å². The topological polar surface area (TPSA) is 39.2 Å². The molecule has 1 unspecified atom stereocenters. The second-order valence-electron chi connectivity index (χ2n) is 8.12. The van der Waals surface area contributed by atoms with E-state index in [-0.39, 0.29) is 5.97 Å². The first-order valence-electron chi connectivity index (χ1n) is 11.4. The molecule has 0 bridgehead atoms. The number of aromatic nitrogens is 1. The van der Waals surface area contributed by atoms with Gasteiger partial charge in [0.2, 0.25) is 0 Å². The molecule has 1 heterocycles. The van der Waals surface area contributed by atoms with Gasteiger partial charge in [-0.3, -0.25) is 9.78 Å². The smallest absolute Gasteiger partial charge is 0.311 e. The highest BCUT2D eigenvalue weighted by Crippen LogP contribution is 2.22. The molecule has 0 fully saturated rings. The second-order valence-corrected chi connectivity index (χ2v) is 8.12. The highest BCUT2D eigenvalue weighted by Gasteiger charge is 2.07. The van der Waals surface area contributed by atoms with Crippen LogP contribution in [0.5, 0.6) is 5.75 Å². The number of hydrogen-bond acceptors (Lipinski definition) is 3. The maximum atomic E-state index is 12.0. The summed E-state index contributed by atoms with van der Waals surface area (Å²) in [6.07, 6.45) is 13.0. The summed E-state index contributed by atoms with van der Waals surface area (Å²) in [5, 5.41) is 0. The van der Waals surface area contributed by atoms with Crippen LogP contribution in [0.4, 0.5) is 0 Å². The quantitative estimate of drug-likeness (QED) is 0.202. The molecule has 0 radical (unpaired) electrons. The first kappa shape index (κ1) is 23.1. The molecule has 0 spiro atoms. The third-order valence-corrected chi connectivity index (χ3v) is 5.55. The van der Waals surface area contributed by atoms with Crippen LogP contribution in [0.25, 0.3) is 11.3 Å². The molecule has 0 N–H and O–H groups in total. The summed E-state index contributed by atoms with van der Waals surface area (Å²) in [5.74, 6) is 1.20. The summed E-state index contributed by atoms with van der Waals surface area (Å²) in [5.41, 5.74) is 3.28. The predicted molar refractivity (Wildman–Crippen MR) is 121 cm³/mol. The number of rotatable bonds is 13. The van der Waals surface area contributed by atoms with Gasteiger partial charge in [-0.25, -0.2) is 0 Å². The summed E-state index contributed by atoms with van der Waals surface area (Å²) >= 11 is 0. The summed E-state index contributed by atoms with van der Waals surface area (Å²) < 4.78 is 5.46. The van der Waals surface area contributed by atoms with Gasteiger partial charge in [0, 0.05) is 18.2 Å². The van der Waals surface area contributed by atoms with E-state index >= 15 is 0 Å². The van der Waals surface area contributed by atoms with Crippen LogP contribution in [-0.4, -0.2) is 11.0 Å². The number of nitrogens with zero attached hydrogens (tertiary/aromatic N) is 1. The molecule has 29 heavy (non-hydrogen) atoms. The van der Waals surface area contributed by atoms with Crippen molar-refractivity contribution in [1.82, 2.24) is 4.98 Å². The van der Waals surface area contributed by atoms with Crippen molar-refractivity contribution in [3.8, 4) is 17.0 Å². The van der Waals surface area contributed by atoms with Crippen LogP contribution in [0.1, 0.15) is 84.1 Å². The lowest BCUT2D eigenvalue weighted by Gasteiger charge is -2.08. The zero-order chi connectivity index (χ0) is 20.9. The lowest BCUT2D eigenvalue weighted by Crippen LogP contribution is -2.07. The van der Waals surface area contributed by atoms with Crippen molar-refractivity contribution in [2.45, 2.75) is 85.0 Å². The Labute approximate surface area is 176 Å². The summed E-state index contributed by atoms with van der Waals surface area (Å²) in [6.45, 7) is 6.70. The van der Waals surface area contributed by atoms with Gasteiger partial charge in [0.1, 0.15) is 5.75 Å². The Bertz CT molecular complexity index is 706. The number of hydrogen-bond donors (Lipinski definition) is 0. The number of pyridine rings is 1.